The zero-order valence-electron chi connectivity index (χ0n) is 13.2. The lowest BCUT2D eigenvalue weighted by Gasteiger charge is -2.34. The van der Waals surface area contributed by atoms with Crippen molar-refractivity contribution in [2.45, 2.75) is 50.9 Å². The summed E-state index contributed by atoms with van der Waals surface area (Å²) in [6.45, 7) is 4.70. The van der Waals surface area contributed by atoms with Crippen LogP contribution in [0.25, 0.3) is 0 Å². The molecule has 1 aromatic heterocycles. The highest BCUT2D eigenvalue weighted by atomic mass is 16.5. The van der Waals surface area contributed by atoms with E-state index in [0.29, 0.717) is 13.2 Å². The van der Waals surface area contributed by atoms with E-state index in [2.05, 4.69) is 5.10 Å². The van der Waals surface area contributed by atoms with Crippen LogP contribution in [0, 0.1) is 0 Å². The zero-order valence-corrected chi connectivity index (χ0v) is 13.2. The molecule has 6 heteroatoms. The molecule has 0 spiro atoms. The van der Waals surface area contributed by atoms with Crippen molar-refractivity contribution in [1.29, 1.82) is 0 Å². The fourth-order valence-electron chi connectivity index (χ4n) is 3.22. The maximum absolute atomic E-state index is 12.5. The first kappa shape index (κ1) is 15.5. The molecule has 6 nitrogen and oxygen atoms in total. The number of carbonyl (C=O) groups excluding carboxylic acids is 1. The normalized spacial score (nSPS) is 27.0. The Morgan fingerprint density at radius 3 is 3.09 bits per heavy atom. The molecule has 122 valence electrons. The van der Waals surface area contributed by atoms with E-state index in [9.17, 15) is 4.79 Å². The van der Waals surface area contributed by atoms with E-state index in [-0.39, 0.29) is 18.1 Å². The maximum atomic E-state index is 12.5. The molecule has 0 aliphatic carbocycles. The van der Waals surface area contributed by atoms with Gasteiger partial charge in [0, 0.05) is 32.1 Å². The Hall–Kier alpha value is -1.40. The largest absolute Gasteiger partial charge is 0.376 e. The van der Waals surface area contributed by atoms with E-state index in [1.807, 2.05) is 28.8 Å². The number of hydrogen-bond acceptors (Lipinski definition) is 4. The van der Waals surface area contributed by atoms with Crippen LogP contribution in [0.1, 0.15) is 38.6 Å². The molecule has 0 radical (unpaired) electrons. The van der Waals surface area contributed by atoms with Crippen LogP contribution in [0.4, 0.5) is 0 Å². The van der Waals surface area contributed by atoms with Gasteiger partial charge in [-0.3, -0.25) is 9.48 Å². The molecule has 2 saturated heterocycles. The highest BCUT2D eigenvalue weighted by molar-refractivity contribution is 5.80. The second-order valence-corrected chi connectivity index (χ2v) is 6.18. The molecule has 0 N–H and O–H groups in total. The Kier molecular flexibility index (Phi) is 5.10. The number of carbonyl (C=O) groups is 1. The van der Waals surface area contributed by atoms with Gasteiger partial charge in [0.1, 0.15) is 6.10 Å². The Bertz CT molecular complexity index is 471. The lowest BCUT2D eigenvalue weighted by Crippen LogP contribution is -2.45. The summed E-state index contributed by atoms with van der Waals surface area (Å²) >= 11 is 0. The molecule has 1 amide bonds. The summed E-state index contributed by atoms with van der Waals surface area (Å²) < 4.78 is 13.2. The fraction of sp³-hybridized carbons (Fsp3) is 0.750. The fourth-order valence-corrected chi connectivity index (χ4v) is 3.22. The second-order valence-electron chi connectivity index (χ2n) is 6.18. The molecular formula is C16H25N3O3. The summed E-state index contributed by atoms with van der Waals surface area (Å²) in [7, 11) is 0. The third-order valence-electron chi connectivity index (χ3n) is 4.51. The van der Waals surface area contributed by atoms with E-state index in [0.717, 1.165) is 38.8 Å². The smallest absolute Gasteiger partial charge is 0.251 e. The van der Waals surface area contributed by atoms with Crippen LogP contribution in [0.15, 0.2) is 18.5 Å². The molecule has 0 aromatic carbocycles. The van der Waals surface area contributed by atoms with E-state index in [1.54, 1.807) is 6.20 Å². The first-order valence-electron chi connectivity index (χ1n) is 8.25. The highest BCUT2D eigenvalue weighted by Crippen LogP contribution is 2.21. The molecule has 0 saturated carbocycles. The van der Waals surface area contributed by atoms with E-state index in [4.69, 9.17) is 9.47 Å². The summed E-state index contributed by atoms with van der Waals surface area (Å²) in [5, 5.41) is 4.30. The Labute approximate surface area is 131 Å². The van der Waals surface area contributed by atoms with Gasteiger partial charge in [0.2, 0.25) is 0 Å². The van der Waals surface area contributed by atoms with Crippen molar-refractivity contribution in [1.82, 2.24) is 14.7 Å². The van der Waals surface area contributed by atoms with Gasteiger partial charge in [0.05, 0.1) is 18.8 Å². The minimum absolute atomic E-state index is 0.0786. The number of likely N-dealkylation sites (tertiary alicyclic amines) is 1. The summed E-state index contributed by atoms with van der Waals surface area (Å²) in [5.74, 6) is 0.0786. The van der Waals surface area contributed by atoms with Gasteiger partial charge in [-0.2, -0.15) is 5.10 Å². The molecule has 3 atom stereocenters. The Balaban J connectivity index is 1.50. The standard InChI is InChI=1S/C16H25N3O3/c1-13(22-12-15-6-3-10-21-15)16(20)18-8-2-5-14(11-18)19-9-4-7-17-19/h4,7,9,13-15H,2-3,5-6,8,10-12H2,1H3/t13-,14+,15-/m0/s1. The molecule has 2 aliphatic rings. The number of hydrogen-bond donors (Lipinski definition) is 0. The lowest BCUT2D eigenvalue weighted by atomic mass is 10.1. The first-order valence-corrected chi connectivity index (χ1v) is 8.25. The van der Waals surface area contributed by atoms with Crippen LogP contribution in [0.3, 0.4) is 0 Å². The van der Waals surface area contributed by atoms with Crippen LogP contribution in [-0.4, -0.2) is 59.1 Å². The van der Waals surface area contributed by atoms with E-state index in [1.165, 1.54) is 0 Å². The van der Waals surface area contributed by atoms with E-state index >= 15 is 0 Å². The quantitative estimate of drug-likeness (QED) is 0.829. The van der Waals surface area contributed by atoms with E-state index < -0.39 is 6.10 Å². The minimum Gasteiger partial charge on any atom is -0.376 e. The second kappa shape index (κ2) is 7.24. The highest BCUT2D eigenvalue weighted by Gasteiger charge is 2.29. The SMILES string of the molecule is C[C@H](OC[C@@H]1CCCO1)C(=O)N1CCC[C@@H](n2cccn2)C1. The lowest BCUT2D eigenvalue weighted by molar-refractivity contribution is -0.146. The van der Waals surface area contributed by atoms with Crippen molar-refractivity contribution >= 4 is 5.91 Å². The van der Waals surface area contributed by atoms with Crippen molar-refractivity contribution in [2.75, 3.05) is 26.3 Å². The zero-order chi connectivity index (χ0) is 15.4. The Morgan fingerprint density at radius 1 is 1.45 bits per heavy atom. The summed E-state index contributed by atoms with van der Waals surface area (Å²) in [6.07, 6.45) is 7.71. The van der Waals surface area contributed by atoms with Gasteiger partial charge in [-0.1, -0.05) is 0 Å². The third-order valence-corrected chi connectivity index (χ3v) is 4.51. The van der Waals surface area contributed by atoms with Gasteiger partial charge in [-0.15, -0.1) is 0 Å². The van der Waals surface area contributed by atoms with Crippen LogP contribution in [0.5, 0.6) is 0 Å². The molecule has 0 unspecified atom stereocenters. The monoisotopic (exact) mass is 307 g/mol. The third kappa shape index (κ3) is 3.67. The summed E-state index contributed by atoms with van der Waals surface area (Å²) in [6, 6.07) is 2.20. The van der Waals surface area contributed by atoms with Crippen molar-refractivity contribution in [3.05, 3.63) is 18.5 Å². The average molecular weight is 307 g/mol. The molecule has 0 bridgehead atoms. The summed E-state index contributed by atoms with van der Waals surface area (Å²) in [5.41, 5.74) is 0. The minimum atomic E-state index is -0.402. The molecule has 3 heterocycles. The molecule has 1 aromatic rings. The van der Waals surface area contributed by atoms with Gasteiger partial charge < -0.3 is 14.4 Å². The van der Waals surface area contributed by atoms with Crippen molar-refractivity contribution in [2.24, 2.45) is 0 Å². The number of aromatic nitrogens is 2. The van der Waals surface area contributed by atoms with Crippen LogP contribution < -0.4 is 0 Å². The topological polar surface area (TPSA) is 56.6 Å². The van der Waals surface area contributed by atoms with Gasteiger partial charge in [-0.05, 0) is 38.7 Å². The number of ether oxygens (including phenoxy) is 2. The predicted octanol–water partition coefficient (Wildman–Crippen LogP) is 1.63. The first-order chi connectivity index (χ1) is 10.7. The Morgan fingerprint density at radius 2 is 2.36 bits per heavy atom. The molecule has 3 rings (SSSR count). The van der Waals surface area contributed by atoms with Gasteiger partial charge >= 0.3 is 0 Å². The summed E-state index contributed by atoms with van der Waals surface area (Å²) in [4.78, 5) is 14.5. The van der Waals surface area contributed by atoms with Crippen molar-refractivity contribution < 1.29 is 14.3 Å². The van der Waals surface area contributed by atoms with Crippen molar-refractivity contribution in [3.63, 3.8) is 0 Å². The average Bonchev–Trinajstić information content (AvgIpc) is 3.25. The maximum Gasteiger partial charge on any atom is 0.251 e. The van der Waals surface area contributed by atoms with Crippen LogP contribution in [0.2, 0.25) is 0 Å². The molecule has 2 fully saturated rings. The number of nitrogens with zero attached hydrogens (tertiary/aromatic N) is 3. The van der Waals surface area contributed by atoms with Gasteiger partial charge in [0.15, 0.2) is 0 Å². The number of piperidine rings is 1. The number of rotatable bonds is 5. The van der Waals surface area contributed by atoms with Gasteiger partial charge in [0.25, 0.3) is 5.91 Å². The van der Waals surface area contributed by atoms with Crippen molar-refractivity contribution in [3.8, 4) is 0 Å². The van der Waals surface area contributed by atoms with Crippen LogP contribution in [-0.2, 0) is 14.3 Å². The molecule has 22 heavy (non-hydrogen) atoms. The molecular weight excluding hydrogens is 282 g/mol. The molecule has 2 aliphatic heterocycles. The van der Waals surface area contributed by atoms with Crippen LogP contribution >= 0.6 is 0 Å². The predicted molar refractivity (Wildman–Crippen MR) is 81.5 cm³/mol. The van der Waals surface area contributed by atoms with Gasteiger partial charge in [-0.25, -0.2) is 0 Å². The number of amides is 1.